The van der Waals surface area contributed by atoms with Crippen molar-refractivity contribution in [3.63, 3.8) is 0 Å². The Morgan fingerprint density at radius 1 is 0.850 bits per heavy atom. The SMILES string of the molecule is ClC1=C(Cl)C2(Cl)C3C4CC(C5OC45)C3C1(Cl)C2(Cl)Cl.[Ag]. The molecule has 1 aliphatic heterocycles. The molecule has 0 aromatic rings. The van der Waals surface area contributed by atoms with E-state index in [0.717, 1.165) is 6.42 Å². The third-order valence-corrected chi connectivity index (χ3v) is 10.2. The van der Waals surface area contributed by atoms with Crippen molar-refractivity contribution in [2.24, 2.45) is 23.7 Å². The average molecular weight is 489 g/mol. The van der Waals surface area contributed by atoms with Gasteiger partial charge in [-0.1, -0.05) is 46.4 Å². The number of rotatable bonds is 0. The maximum Gasteiger partial charge on any atom is 0.166 e. The third-order valence-electron chi connectivity index (χ3n) is 5.92. The molecule has 1 nitrogen and oxygen atoms in total. The van der Waals surface area contributed by atoms with Gasteiger partial charge in [0.25, 0.3) is 0 Å². The van der Waals surface area contributed by atoms with Gasteiger partial charge in [-0.15, -0.1) is 23.2 Å². The molecule has 0 amide bonds. The maximum atomic E-state index is 6.82. The normalized spacial score (nSPS) is 63.3. The number of hydrogen-bond acceptors (Lipinski definition) is 1. The minimum absolute atomic E-state index is 0. The van der Waals surface area contributed by atoms with E-state index in [1.54, 1.807) is 0 Å². The van der Waals surface area contributed by atoms with Crippen LogP contribution in [0.4, 0.5) is 0 Å². The topological polar surface area (TPSA) is 12.5 Å². The van der Waals surface area contributed by atoms with Crippen LogP contribution < -0.4 is 0 Å². The molecule has 0 aromatic heterocycles. The minimum atomic E-state index is -1.37. The van der Waals surface area contributed by atoms with E-state index in [2.05, 4.69) is 0 Å². The summed E-state index contributed by atoms with van der Waals surface area (Å²) in [5, 5.41) is 0.642. The van der Waals surface area contributed by atoms with Crippen LogP contribution in [-0.2, 0) is 27.1 Å². The number of allylic oxidation sites excluding steroid dienone is 2. The first kappa shape index (κ1) is 15.7. The second-order valence-electron chi connectivity index (χ2n) is 6.31. The van der Waals surface area contributed by atoms with Crippen molar-refractivity contribution in [3.05, 3.63) is 10.1 Å². The van der Waals surface area contributed by atoms with Crippen molar-refractivity contribution < 1.29 is 27.1 Å². The Labute approximate surface area is 162 Å². The average Bonchev–Trinajstić information content (AvgIpc) is 2.91. The van der Waals surface area contributed by atoms with Crippen molar-refractivity contribution in [3.8, 4) is 0 Å². The van der Waals surface area contributed by atoms with Crippen molar-refractivity contribution in [1.82, 2.24) is 0 Å². The van der Waals surface area contributed by atoms with Gasteiger partial charge < -0.3 is 4.74 Å². The first-order chi connectivity index (χ1) is 8.78. The molecule has 1 radical (unpaired) electrons. The summed E-state index contributed by atoms with van der Waals surface area (Å²) in [6.45, 7) is 0. The van der Waals surface area contributed by atoms with E-state index >= 15 is 0 Å². The summed E-state index contributed by atoms with van der Waals surface area (Å²) in [5.74, 6) is 0.776. The van der Waals surface area contributed by atoms with Gasteiger partial charge in [0.15, 0.2) is 4.33 Å². The summed E-state index contributed by atoms with van der Waals surface area (Å²) < 4.78 is 4.35. The molecule has 5 rings (SSSR count). The van der Waals surface area contributed by atoms with Gasteiger partial charge in [0.2, 0.25) is 0 Å². The van der Waals surface area contributed by atoms with Crippen LogP contribution in [0.15, 0.2) is 10.1 Å². The summed E-state index contributed by atoms with van der Waals surface area (Å²) in [4.78, 5) is -2.17. The van der Waals surface area contributed by atoms with Gasteiger partial charge in [-0.2, -0.15) is 0 Å². The van der Waals surface area contributed by atoms with Crippen LogP contribution in [-0.4, -0.2) is 26.3 Å². The number of ether oxygens (including phenoxy) is 1. The smallest absolute Gasteiger partial charge is 0.166 e. The third kappa shape index (κ3) is 1.21. The Kier molecular flexibility index (Phi) is 3.17. The molecule has 3 saturated carbocycles. The number of fused-ring (bicyclic) bond motifs is 12. The minimum Gasteiger partial charge on any atom is -0.369 e. The fraction of sp³-hybridized carbons (Fsp3) is 0.833. The standard InChI is InChI=1S/C12H8Cl6O.Ag/c13-8-9(14)11(16)5-3-1-2(6-7(3)19-6)4(5)10(8,15)12(11,17)18;/h2-7H,1H2;. The zero-order valence-corrected chi connectivity index (χ0v) is 15.7. The van der Waals surface area contributed by atoms with Crippen molar-refractivity contribution in [2.45, 2.75) is 32.7 Å². The van der Waals surface area contributed by atoms with Crippen LogP contribution in [0.25, 0.3) is 0 Å². The van der Waals surface area contributed by atoms with Gasteiger partial charge in [-0.25, -0.2) is 0 Å². The molecule has 115 valence electrons. The van der Waals surface area contributed by atoms with Gasteiger partial charge >= 0.3 is 0 Å². The molecule has 5 aliphatic rings. The monoisotopic (exact) mass is 485 g/mol. The van der Waals surface area contributed by atoms with E-state index < -0.39 is 14.1 Å². The summed E-state index contributed by atoms with van der Waals surface area (Å²) in [7, 11) is 0. The molecule has 1 saturated heterocycles. The molecule has 8 atom stereocenters. The Balaban J connectivity index is 0.00000106. The molecular weight excluding hydrogens is 481 g/mol. The van der Waals surface area contributed by atoms with Gasteiger partial charge in [-0.05, 0) is 30.1 Å². The predicted molar refractivity (Wildman–Crippen MR) is 77.6 cm³/mol. The number of hydrogen-bond donors (Lipinski definition) is 0. The zero-order chi connectivity index (χ0) is 13.5. The van der Waals surface area contributed by atoms with Gasteiger partial charge in [0.1, 0.15) is 9.75 Å². The summed E-state index contributed by atoms with van der Waals surface area (Å²) in [5.41, 5.74) is 0. The molecule has 4 bridgehead atoms. The predicted octanol–water partition coefficient (Wildman–Crippen LogP) is 4.48. The van der Waals surface area contributed by atoms with Gasteiger partial charge in [-0.3, -0.25) is 0 Å². The van der Waals surface area contributed by atoms with E-state index in [1.807, 2.05) is 0 Å². The van der Waals surface area contributed by atoms with Crippen LogP contribution in [0.3, 0.4) is 0 Å². The molecule has 0 aromatic carbocycles. The van der Waals surface area contributed by atoms with E-state index in [-0.39, 0.29) is 46.4 Å². The zero-order valence-electron chi connectivity index (χ0n) is 9.65. The largest absolute Gasteiger partial charge is 0.369 e. The Morgan fingerprint density at radius 3 is 1.65 bits per heavy atom. The fourth-order valence-electron chi connectivity index (χ4n) is 5.30. The Morgan fingerprint density at radius 2 is 1.25 bits per heavy atom. The molecule has 8 heteroatoms. The van der Waals surface area contributed by atoms with Crippen molar-refractivity contribution >= 4 is 69.6 Å². The number of epoxide rings is 1. The Hall–Kier alpha value is 2.18. The molecule has 1 heterocycles. The van der Waals surface area contributed by atoms with E-state index in [1.165, 1.54) is 0 Å². The summed E-state index contributed by atoms with van der Waals surface area (Å²) in [6, 6.07) is 0. The summed E-state index contributed by atoms with van der Waals surface area (Å²) in [6.07, 6.45) is 1.63. The molecular formula is C12H8AgCl6O. The second kappa shape index (κ2) is 4.04. The molecule has 4 fully saturated rings. The van der Waals surface area contributed by atoms with E-state index in [4.69, 9.17) is 74.3 Å². The van der Waals surface area contributed by atoms with Crippen LogP contribution in [0.5, 0.6) is 0 Å². The first-order valence-electron chi connectivity index (χ1n) is 6.25. The van der Waals surface area contributed by atoms with Crippen LogP contribution in [0, 0.1) is 23.7 Å². The molecule has 20 heavy (non-hydrogen) atoms. The van der Waals surface area contributed by atoms with Crippen molar-refractivity contribution in [1.29, 1.82) is 0 Å². The number of alkyl halides is 4. The van der Waals surface area contributed by atoms with E-state index in [9.17, 15) is 0 Å². The quantitative estimate of drug-likeness (QED) is 0.212. The molecule has 4 aliphatic carbocycles. The van der Waals surface area contributed by atoms with Crippen LogP contribution in [0.1, 0.15) is 6.42 Å². The first-order valence-corrected chi connectivity index (χ1v) is 8.52. The van der Waals surface area contributed by atoms with Crippen LogP contribution in [0.2, 0.25) is 0 Å². The molecule has 0 spiro atoms. The van der Waals surface area contributed by atoms with Gasteiger partial charge in [0, 0.05) is 22.4 Å². The van der Waals surface area contributed by atoms with E-state index in [0.29, 0.717) is 21.9 Å². The Bertz CT molecular complexity index is 522. The molecule has 8 unspecified atom stereocenters. The van der Waals surface area contributed by atoms with Gasteiger partial charge in [0.05, 0.1) is 22.3 Å². The maximum absolute atomic E-state index is 6.82. The van der Waals surface area contributed by atoms with Crippen molar-refractivity contribution in [2.75, 3.05) is 0 Å². The summed E-state index contributed by atoms with van der Waals surface area (Å²) >= 11 is 39.5. The fourth-order valence-corrected chi connectivity index (χ4v) is 8.43. The molecule has 0 N–H and O–H groups in total. The number of halogens is 6. The van der Waals surface area contributed by atoms with Crippen LogP contribution >= 0.6 is 69.6 Å². The second-order valence-corrected chi connectivity index (χ2v) is 9.58.